The van der Waals surface area contributed by atoms with Crippen molar-refractivity contribution in [2.24, 2.45) is 0 Å². The number of para-hydroxylation sites is 2. The van der Waals surface area contributed by atoms with E-state index in [-0.39, 0.29) is 18.0 Å². The van der Waals surface area contributed by atoms with Gasteiger partial charge in [0.2, 0.25) is 0 Å². The molecule has 1 aromatic heterocycles. The van der Waals surface area contributed by atoms with Crippen LogP contribution in [-0.4, -0.2) is 17.1 Å². The van der Waals surface area contributed by atoms with Gasteiger partial charge >= 0.3 is 0 Å². The van der Waals surface area contributed by atoms with Gasteiger partial charge in [-0.15, -0.1) is 0 Å². The molecule has 0 fully saturated rings. The SMILES string of the molecule is COc1cc(NCc2cnc3ccccc3n2)c(F)c(F)c1C#N. The summed E-state index contributed by atoms with van der Waals surface area (Å²) in [6, 6.07) is 10.2. The van der Waals surface area contributed by atoms with Crippen molar-refractivity contribution >= 4 is 16.7 Å². The van der Waals surface area contributed by atoms with Crippen LogP contribution in [-0.2, 0) is 6.54 Å². The molecule has 0 saturated heterocycles. The molecule has 1 heterocycles. The van der Waals surface area contributed by atoms with Crippen LogP contribution < -0.4 is 10.1 Å². The van der Waals surface area contributed by atoms with E-state index in [1.54, 1.807) is 12.3 Å². The number of methoxy groups -OCH3 is 1. The van der Waals surface area contributed by atoms with Gasteiger partial charge in [-0.05, 0) is 12.1 Å². The highest BCUT2D eigenvalue weighted by molar-refractivity contribution is 5.73. The molecule has 0 aliphatic carbocycles. The van der Waals surface area contributed by atoms with Crippen molar-refractivity contribution < 1.29 is 13.5 Å². The summed E-state index contributed by atoms with van der Waals surface area (Å²) in [7, 11) is 1.28. The molecule has 2 aromatic carbocycles. The third-order valence-electron chi connectivity index (χ3n) is 3.46. The highest BCUT2D eigenvalue weighted by atomic mass is 19.2. The number of halogens is 2. The van der Waals surface area contributed by atoms with Crippen molar-refractivity contribution in [3.8, 4) is 11.8 Å². The van der Waals surface area contributed by atoms with Gasteiger partial charge in [0.25, 0.3) is 0 Å². The summed E-state index contributed by atoms with van der Waals surface area (Å²) in [5.74, 6) is -2.42. The van der Waals surface area contributed by atoms with Crippen molar-refractivity contribution in [2.45, 2.75) is 6.54 Å². The maximum Gasteiger partial charge on any atom is 0.183 e. The molecule has 24 heavy (non-hydrogen) atoms. The largest absolute Gasteiger partial charge is 0.495 e. The molecule has 120 valence electrons. The Labute approximate surface area is 136 Å². The minimum atomic E-state index is -1.25. The van der Waals surface area contributed by atoms with E-state index in [9.17, 15) is 8.78 Å². The molecular formula is C17H12F2N4O. The molecule has 1 N–H and O–H groups in total. The van der Waals surface area contributed by atoms with Gasteiger partial charge in [-0.25, -0.2) is 13.8 Å². The molecule has 3 rings (SSSR count). The van der Waals surface area contributed by atoms with Crippen LogP contribution in [0.1, 0.15) is 11.3 Å². The molecule has 0 unspecified atom stereocenters. The van der Waals surface area contributed by atoms with E-state index < -0.39 is 17.2 Å². The molecule has 0 amide bonds. The average molecular weight is 326 g/mol. The highest BCUT2D eigenvalue weighted by Crippen LogP contribution is 2.29. The first kappa shape index (κ1) is 15.6. The minimum Gasteiger partial charge on any atom is -0.495 e. The zero-order valence-electron chi connectivity index (χ0n) is 12.7. The van der Waals surface area contributed by atoms with E-state index >= 15 is 0 Å². The first-order valence-corrected chi connectivity index (χ1v) is 7.04. The molecule has 0 aliphatic heterocycles. The number of nitrogens with zero attached hydrogens (tertiary/aromatic N) is 3. The van der Waals surface area contributed by atoms with Crippen LogP contribution in [0.4, 0.5) is 14.5 Å². The number of nitrogens with one attached hydrogen (secondary N) is 1. The Bertz CT molecular complexity index is 953. The number of hydrogen-bond acceptors (Lipinski definition) is 5. The van der Waals surface area contributed by atoms with Gasteiger partial charge in [-0.3, -0.25) is 4.98 Å². The number of nitriles is 1. The number of fused-ring (bicyclic) bond motifs is 1. The molecule has 7 heteroatoms. The number of ether oxygens (including phenoxy) is 1. The van der Waals surface area contributed by atoms with Crippen molar-refractivity contribution in [3.63, 3.8) is 0 Å². The Hall–Kier alpha value is -3.27. The monoisotopic (exact) mass is 326 g/mol. The third kappa shape index (κ3) is 2.82. The van der Waals surface area contributed by atoms with Crippen molar-refractivity contribution in [1.29, 1.82) is 5.26 Å². The Morgan fingerprint density at radius 3 is 2.67 bits per heavy atom. The summed E-state index contributed by atoms with van der Waals surface area (Å²) < 4.78 is 32.9. The lowest BCUT2D eigenvalue weighted by atomic mass is 10.1. The van der Waals surface area contributed by atoms with Gasteiger partial charge in [0.1, 0.15) is 17.4 Å². The normalized spacial score (nSPS) is 10.4. The van der Waals surface area contributed by atoms with Gasteiger partial charge < -0.3 is 10.1 Å². The van der Waals surface area contributed by atoms with E-state index in [1.165, 1.54) is 13.2 Å². The number of anilines is 1. The van der Waals surface area contributed by atoms with Gasteiger partial charge in [0.05, 0.1) is 42.3 Å². The van der Waals surface area contributed by atoms with Crippen molar-refractivity contribution in [3.05, 3.63) is 59.4 Å². The smallest absolute Gasteiger partial charge is 0.183 e. The highest BCUT2D eigenvalue weighted by Gasteiger charge is 2.19. The fraction of sp³-hybridized carbons (Fsp3) is 0.118. The fourth-order valence-electron chi connectivity index (χ4n) is 2.26. The Morgan fingerprint density at radius 2 is 1.96 bits per heavy atom. The van der Waals surface area contributed by atoms with Crippen LogP contribution >= 0.6 is 0 Å². The first-order valence-electron chi connectivity index (χ1n) is 7.04. The van der Waals surface area contributed by atoms with Crippen LogP contribution in [0, 0.1) is 23.0 Å². The van der Waals surface area contributed by atoms with Crippen LogP contribution in [0.15, 0.2) is 36.5 Å². The predicted molar refractivity (Wildman–Crippen MR) is 84.5 cm³/mol. The zero-order chi connectivity index (χ0) is 17.1. The second-order valence-electron chi connectivity index (χ2n) is 4.94. The lowest BCUT2D eigenvalue weighted by Crippen LogP contribution is -2.07. The molecule has 0 atom stereocenters. The Kier molecular flexibility index (Phi) is 4.20. The molecular weight excluding hydrogens is 314 g/mol. The predicted octanol–water partition coefficient (Wildman–Crippen LogP) is 3.40. The van der Waals surface area contributed by atoms with Gasteiger partial charge in [0, 0.05) is 6.07 Å². The van der Waals surface area contributed by atoms with E-state index in [4.69, 9.17) is 10.00 Å². The summed E-state index contributed by atoms with van der Waals surface area (Å²) in [4.78, 5) is 8.65. The van der Waals surface area contributed by atoms with Crippen molar-refractivity contribution in [2.75, 3.05) is 12.4 Å². The van der Waals surface area contributed by atoms with Crippen LogP contribution in [0.2, 0.25) is 0 Å². The maximum atomic E-state index is 14.0. The van der Waals surface area contributed by atoms with E-state index in [0.29, 0.717) is 11.2 Å². The van der Waals surface area contributed by atoms with E-state index in [1.807, 2.05) is 24.3 Å². The van der Waals surface area contributed by atoms with Crippen molar-refractivity contribution in [1.82, 2.24) is 9.97 Å². The Morgan fingerprint density at radius 1 is 1.21 bits per heavy atom. The third-order valence-corrected chi connectivity index (χ3v) is 3.46. The maximum absolute atomic E-state index is 14.0. The lowest BCUT2D eigenvalue weighted by molar-refractivity contribution is 0.405. The summed E-state index contributed by atoms with van der Waals surface area (Å²) in [5, 5.41) is 11.6. The summed E-state index contributed by atoms with van der Waals surface area (Å²) >= 11 is 0. The molecule has 0 bridgehead atoms. The summed E-state index contributed by atoms with van der Waals surface area (Å²) in [6.07, 6.45) is 1.56. The lowest BCUT2D eigenvalue weighted by Gasteiger charge is -2.11. The topological polar surface area (TPSA) is 70.8 Å². The average Bonchev–Trinajstić information content (AvgIpc) is 2.62. The number of rotatable bonds is 4. The molecule has 0 aliphatic rings. The van der Waals surface area contributed by atoms with Gasteiger partial charge in [-0.1, -0.05) is 12.1 Å². The van der Waals surface area contributed by atoms with Gasteiger partial charge in [-0.2, -0.15) is 5.26 Å². The van der Waals surface area contributed by atoms with Crippen LogP contribution in [0.5, 0.6) is 5.75 Å². The molecule has 0 saturated carbocycles. The van der Waals surface area contributed by atoms with E-state index in [2.05, 4.69) is 15.3 Å². The minimum absolute atomic E-state index is 0.0384. The second kappa shape index (κ2) is 6.46. The standard InChI is InChI=1S/C17H12F2N4O/c1-24-15-6-14(17(19)16(18)11(15)7-20)22-9-10-8-21-12-4-2-3-5-13(12)23-10/h2-6,8,22H,9H2,1H3. The number of hydrogen-bond donors (Lipinski definition) is 1. The van der Waals surface area contributed by atoms with E-state index in [0.717, 1.165) is 5.52 Å². The summed E-state index contributed by atoms with van der Waals surface area (Å²) in [5.41, 5.74) is 1.44. The number of aromatic nitrogens is 2. The van der Waals surface area contributed by atoms with Crippen LogP contribution in [0.25, 0.3) is 11.0 Å². The molecule has 5 nitrogen and oxygen atoms in total. The van der Waals surface area contributed by atoms with Gasteiger partial charge in [0.15, 0.2) is 11.6 Å². The van der Waals surface area contributed by atoms with Crippen LogP contribution in [0.3, 0.4) is 0 Å². The zero-order valence-corrected chi connectivity index (χ0v) is 12.7. The quantitative estimate of drug-likeness (QED) is 0.795. The summed E-state index contributed by atoms with van der Waals surface area (Å²) in [6.45, 7) is 0.142. The fourth-order valence-corrected chi connectivity index (χ4v) is 2.26. The second-order valence-corrected chi connectivity index (χ2v) is 4.94. The number of benzene rings is 2. The molecule has 3 aromatic rings. The molecule has 0 radical (unpaired) electrons. The Balaban J connectivity index is 1.88. The molecule has 0 spiro atoms. The first-order chi connectivity index (χ1) is 11.6.